The third kappa shape index (κ3) is 2.36. The number of rotatable bonds is 2. The van der Waals surface area contributed by atoms with Crippen molar-refractivity contribution < 1.29 is 4.92 Å². The second kappa shape index (κ2) is 4.67. The van der Waals surface area contributed by atoms with Crippen LogP contribution in [0.2, 0.25) is 0 Å². The first-order valence-corrected chi connectivity index (χ1v) is 5.68. The largest absolute Gasteiger partial charge is 0.366 e. The number of nitrogens with two attached hydrogens (primary N) is 1. The Morgan fingerprint density at radius 3 is 3.06 bits per heavy atom. The van der Waals surface area contributed by atoms with Crippen molar-refractivity contribution in [2.45, 2.75) is 19.4 Å². The van der Waals surface area contributed by atoms with Crippen LogP contribution in [-0.2, 0) is 0 Å². The van der Waals surface area contributed by atoms with Gasteiger partial charge in [0.25, 0.3) is 0 Å². The normalized spacial score (nSPS) is 24.7. The molecule has 1 aliphatic heterocycles. The van der Waals surface area contributed by atoms with Gasteiger partial charge in [0.05, 0.1) is 4.92 Å². The van der Waals surface area contributed by atoms with Gasteiger partial charge >= 0.3 is 5.69 Å². The molecule has 2 unspecified atom stereocenters. The third-order valence-electron chi connectivity index (χ3n) is 3.29. The van der Waals surface area contributed by atoms with Crippen molar-refractivity contribution in [3.8, 4) is 0 Å². The van der Waals surface area contributed by atoms with E-state index in [0.29, 0.717) is 11.6 Å². The van der Waals surface area contributed by atoms with Crippen LogP contribution in [-0.4, -0.2) is 29.0 Å². The van der Waals surface area contributed by atoms with Gasteiger partial charge in [-0.05, 0) is 18.4 Å². The molecule has 6 heteroatoms. The van der Waals surface area contributed by atoms with Gasteiger partial charge in [-0.2, -0.15) is 0 Å². The summed E-state index contributed by atoms with van der Waals surface area (Å²) in [6, 6.07) is 1.88. The van der Waals surface area contributed by atoms with Gasteiger partial charge in [0.15, 0.2) is 0 Å². The highest BCUT2D eigenvalue weighted by atomic mass is 16.6. The Morgan fingerprint density at radius 1 is 1.65 bits per heavy atom. The molecule has 0 saturated carbocycles. The second-order valence-corrected chi connectivity index (χ2v) is 4.50. The lowest BCUT2D eigenvalue weighted by atomic mass is 9.94. The summed E-state index contributed by atoms with van der Waals surface area (Å²) in [5.41, 5.74) is 6.65. The number of aromatic nitrogens is 1. The Kier molecular flexibility index (Phi) is 3.23. The molecule has 1 saturated heterocycles. The van der Waals surface area contributed by atoms with Crippen molar-refractivity contribution in [2.24, 2.45) is 11.7 Å². The van der Waals surface area contributed by atoms with Crippen LogP contribution < -0.4 is 10.6 Å². The average Bonchev–Trinajstić information content (AvgIpc) is 2.32. The molecule has 0 spiro atoms. The highest BCUT2D eigenvalue weighted by Crippen LogP contribution is 2.29. The molecule has 92 valence electrons. The van der Waals surface area contributed by atoms with Crippen molar-refractivity contribution in [2.75, 3.05) is 18.0 Å². The van der Waals surface area contributed by atoms with Gasteiger partial charge in [-0.3, -0.25) is 15.1 Å². The average molecular weight is 236 g/mol. The van der Waals surface area contributed by atoms with E-state index in [2.05, 4.69) is 11.9 Å². The van der Waals surface area contributed by atoms with Gasteiger partial charge in [0, 0.05) is 25.3 Å². The summed E-state index contributed by atoms with van der Waals surface area (Å²) in [6.45, 7) is 3.59. The van der Waals surface area contributed by atoms with Gasteiger partial charge in [0.1, 0.15) is 11.9 Å². The van der Waals surface area contributed by atoms with E-state index in [1.807, 2.05) is 4.90 Å². The van der Waals surface area contributed by atoms with E-state index in [4.69, 9.17) is 5.73 Å². The first-order chi connectivity index (χ1) is 8.09. The molecule has 17 heavy (non-hydrogen) atoms. The lowest BCUT2D eigenvalue weighted by Gasteiger charge is -2.36. The Bertz CT molecular complexity index is 424. The van der Waals surface area contributed by atoms with Gasteiger partial charge in [-0.15, -0.1) is 0 Å². The summed E-state index contributed by atoms with van der Waals surface area (Å²) >= 11 is 0. The van der Waals surface area contributed by atoms with Crippen LogP contribution in [0.5, 0.6) is 0 Å². The third-order valence-corrected chi connectivity index (χ3v) is 3.29. The number of anilines is 1. The molecule has 0 aliphatic carbocycles. The van der Waals surface area contributed by atoms with Gasteiger partial charge in [-0.25, -0.2) is 0 Å². The molecular formula is C11H16N4O2. The first-order valence-electron chi connectivity index (χ1n) is 5.68. The fourth-order valence-electron chi connectivity index (χ4n) is 2.17. The Hall–Kier alpha value is -1.69. The minimum Gasteiger partial charge on any atom is -0.366 e. The number of pyridine rings is 1. The number of piperidine rings is 1. The van der Waals surface area contributed by atoms with Crippen molar-refractivity contribution >= 4 is 11.4 Å². The van der Waals surface area contributed by atoms with Gasteiger partial charge in [0.2, 0.25) is 0 Å². The van der Waals surface area contributed by atoms with E-state index in [9.17, 15) is 10.1 Å². The molecule has 0 radical (unpaired) electrons. The van der Waals surface area contributed by atoms with E-state index >= 15 is 0 Å². The van der Waals surface area contributed by atoms with Crippen molar-refractivity contribution in [3.63, 3.8) is 0 Å². The maximum atomic E-state index is 10.9. The molecule has 0 bridgehead atoms. The molecule has 2 rings (SSSR count). The second-order valence-electron chi connectivity index (χ2n) is 4.50. The highest BCUT2D eigenvalue weighted by molar-refractivity contribution is 5.61. The molecule has 0 amide bonds. The Labute approximate surface area is 99.6 Å². The molecular weight excluding hydrogens is 220 g/mol. The zero-order valence-electron chi connectivity index (χ0n) is 9.74. The van der Waals surface area contributed by atoms with E-state index < -0.39 is 0 Å². The standard InChI is InChI=1S/C11H16N4O2/c1-8-7-14(5-3-9(8)12)10-2-4-13-6-11(10)15(16)17/h2,4,6,8-9H,3,5,7,12H2,1H3. The van der Waals surface area contributed by atoms with Crippen molar-refractivity contribution in [1.29, 1.82) is 0 Å². The van der Waals surface area contributed by atoms with Crippen LogP contribution >= 0.6 is 0 Å². The summed E-state index contributed by atoms with van der Waals surface area (Å²) in [5, 5.41) is 10.9. The van der Waals surface area contributed by atoms with Gasteiger partial charge < -0.3 is 10.6 Å². The molecule has 2 heterocycles. The molecule has 1 aromatic heterocycles. The molecule has 6 nitrogen and oxygen atoms in total. The minimum atomic E-state index is -0.387. The smallest absolute Gasteiger partial charge is 0.310 e. The SMILES string of the molecule is CC1CN(c2ccncc2[N+](=O)[O-])CCC1N. The predicted octanol–water partition coefficient (Wildman–Crippen LogP) is 1.16. The summed E-state index contributed by atoms with van der Waals surface area (Å²) in [6.07, 6.45) is 3.75. The lowest BCUT2D eigenvalue weighted by molar-refractivity contribution is -0.384. The summed E-state index contributed by atoms with van der Waals surface area (Å²) in [4.78, 5) is 16.4. The molecule has 2 N–H and O–H groups in total. The van der Waals surface area contributed by atoms with E-state index in [1.165, 1.54) is 6.20 Å². The molecule has 1 fully saturated rings. The fourth-order valence-corrected chi connectivity index (χ4v) is 2.17. The maximum Gasteiger partial charge on any atom is 0.310 e. The van der Waals surface area contributed by atoms with Crippen LogP contribution in [0.4, 0.5) is 11.4 Å². The molecule has 2 atom stereocenters. The summed E-state index contributed by atoms with van der Waals surface area (Å²) in [5.74, 6) is 0.344. The fraction of sp³-hybridized carbons (Fsp3) is 0.545. The number of nitro groups is 1. The van der Waals surface area contributed by atoms with Gasteiger partial charge in [-0.1, -0.05) is 6.92 Å². The topological polar surface area (TPSA) is 85.3 Å². The van der Waals surface area contributed by atoms with E-state index in [1.54, 1.807) is 12.3 Å². The highest BCUT2D eigenvalue weighted by Gasteiger charge is 2.27. The molecule has 0 aromatic carbocycles. The van der Waals surface area contributed by atoms with E-state index in [0.717, 1.165) is 19.5 Å². The first kappa shape index (κ1) is 11.8. The van der Waals surface area contributed by atoms with Crippen LogP contribution in [0.3, 0.4) is 0 Å². The van der Waals surface area contributed by atoms with Crippen molar-refractivity contribution in [3.05, 3.63) is 28.6 Å². The predicted molar refractivity (Wildman–Crippen MR) is 64.9 cm³/mol. The molecule has 1 aromatic rings. The lowest BCUT2D eigenvalue weighted by Crippen LogP contribution is -2.46. The zero-order chi connectivity index (χ0) is 12.4. The monoisotopic (exact) mass is 236 g/mol. The zero-order valence-corrected chi connectivity index (χ0v) is 9.74. The Balaban J connectivity index is 2.25. The summed E-state index contributed by atoms with van der Waals surface area (Å²) in [7, 11) is 0. The van der Waals surface area contributed by atoms with E-state index in [-0.39, 0.29) is 16.7 Å². The summed E-state index contributed by atoms with van der Waals surface area (Å²) < 4.78 is 0. The van der Waals surface area contributed by atoms with Crippen LogP contribution in [0.1, 0.15) is 13.3 Å². The van der Waals surface area contributed by atoms with Crippen LogP contribution in [0.25, 0.3) is 0 Å². The number of nitrogens with zero attached hydrogens (tertiary/aromatic N) is 3. The van der Waals surface area contributed by atoms with Crippen LogP contribution in [0.15, 0.2) is 18.5 Å². The number of hydrogen-bond donors (Lipinski definition) is 1. The minimum absolute atomic E-state index is 0.0650. The quantitative estimate of drug-likeness (QED) is 0.615. The maximum absolute atomic E-state index is 10.9. The number of hydrogen-bond acceptors (Lipinski definition) is 5. The Morgan fingerprint density at radius 2 is 2.41 bits per heavy atom. The van der Waals surface area contributed by atoms with Crippen LogP contribution in [0, 0.1) is 16.0 Å². The van der Waals surface area contributed by atoms with Crippen molar-refractivity contribution in [1.82, 2.24) is 4.98 Å². The molecule has 1 aliphatic rings.